The Morgan fingerprint density at radius 1 is 1.09 bits per heavy atom. The van der Waals surface area contributed by atoms with Gasteiger partial charge in [0.2, 0.25) is 5.91 Å². The molecule has 35 heavy (non-hydrogen) atoms. The number of rotatable bonds is 9. The molecule has 1 heterocycles. The first-order valence-corrected chi connectivity index (χ1v) is 12.0. The van der Waals surface area contributed by atoms with E-state index in [0.717, 1.165) is 28.7 Å². The molecule has 8 nitrogen and oxygen atoms in total. The van der Waals surface area contributed by atoms with Gasteiger partial charge in [-0.1, -0.05) is 48.5 Å². The average molecular weight is 481 g/mol. The first-order valence-electron chi connectivity index (χ1n) is 12.0. The lowest BCUT2D eigenvalue weighted by atomic mass is 9.98. The van der Waals surface area contributed by atoms with Crippen molar-refractivity contribution < 1.29 is 29.0 Å². The van der Waals surface area contributed by atoms with Gasteiger partial charge in [0.05, 0.1) is 6.10 Å². The Morgan fingerprint density at radius 2 is 1.71 bits per heavy atom. The summed E-state index contributed by atoms with van der Waals surface area (Å²) in [6.07, 6.45) is 0.140. The molecule has 2 aliphatic rings. The van der Waals surface area contributed by atoms with Crippen LogP contribution in [0.15, 0.2) is 48.5 Å². The third kappa shape index (κ3) is 5.48. The Kier molecular flexibility index (Phi) is 7.70. The number of fused-ring (bicyclic) bond motifs is 3. The summed E-state index contributed by atoms with van der Waals surface area (Å²) in [6.45, 7) is 2.89. The van der Waals surface area contributed by atoms with Gasteiger partial charge in [0, 0.05) is 32.5 Å². The monoisotopic (exact) mass is 480 g/mol. The van der Waals surface area contributed by atoms with E-state index in [4.69, 9.17) is 14.6 Å². The largest absolute Gasteiger partial charge is 0.481 e. The van der Waals surface area contributed by atoms with Gasteiger partial charge < -0.3 is 24.8 Å². The Balaban J connectivity index is 1.38. The van der Waals surface area contributed by atoms with Crippen LogP contribution in [0, 0.1) is 5.92 Å². The number of carbonyl (C=O) groups excluding carboxylic acids is 2. The number of hydrogen-bond donors (Lipinski definition) is 2. The van der Waals surface area contributed by atoms with Crippen molar-refractivity contribution in [3.8, 4) is 11.1 Å². The van der Waals surface area contributed by atoms with Crippen LogP contribution in [-0.2, 0) is 19.1 Å². The van der Waals surface area contributed by atoms with Crippen molar-refractivity contribution in [1.29, 1.82) is 0 Å². The number of nitrogens with zero attached hydrogens (tertiary/aromatic N) is 1. The van der Waals surface area contributed by atoms with E-state index in [1.807, 2.05) is 24.3 Å². The lowest BCUT2D eigenvalue weighted by Crippen LogP contribution is -2.54. The molecule has 1 saturated heterocycles. The van der Waals surface area contributed by atoms with Crippen LogP contribution in [0.5, 0.6) is 0 Å². The van der Waals surface area contributed by atoms with Gasteiger partial charge in [0.15, 0.2) is 0 Å². The number of amides is 2. The number of alkyl carbamates (subject to hydrolysis) is 1. The number of nitrogens with one attached hydrogen (secondary N) is 1. The topological polar surface area (TPSA) is 105 Å². The van der Waals surface area contributed by atoms with E-state index in [2.05, 4.69) is 29.6 Å². The maximum absolute atomic E-state index is 13.2. The third-order valence-corrected chi connectivity index (χ3v) is 7.09. The van der Waals surface area contributed by atoms with Crippen LogP contribution in [0.25, 0.3) is 11.1 Å². The summed E-state index contributed by atoms with van der Waals surface area (Å²) < 4.78 is 11.0. The molecule has 1 fully saturated rings. The standard InChI is InChI=1S/C27H32N2O6/c1-17(34-2)25(26(32)29-14-13-18(15-29)11-12-24(30)31)28-27(33)35-16-23-21-9-5-3-7-19(21)20-8-4-6-10-22(20)23/h3-10,17-18,23,25H,11-16H2,1-2H3,(H,28,33)(H,30,31). The average Bonchev–Trinajstić information content (AvgIpc) is 3.47. The molecule has 2 N–H and O–H groups in total. The SMILES string of the molecule is COC(C)C(NC(=O)OCC1c2ccccc2-c2ccccc21)C(=O)N1CCC(CCC(=O)O)C1. The first kappa shape index (κ1) is 24.7. The molecule has 2 aromatic rings. The van der Waals surface area contributed by atoms with Crippen LogP contribution in [0.1, 0.15) is 43.2 Å². The number of carboxylic acid groups (broad SMARTS) is 1. The van der Waals surface area contributed by atoms with Crippen LogP contribution in [-0.4, -0.2) is 66.9 Å². The van der Waals surface area contributed by atoms with E-state index < -0.39 is 24.2 Å². The van der Waals surface area contributed by atoms with Crippen molar-refractivity contribution in [1.82, 2.24) is 10.2 Å². The minimum atomic E-state index is -0.895. The fraction of sp³-hybridized carbons (Fsp3) is 0.444. The summed E-state index contributed by atoms with van der Waals surface area (Å²) in [5.74, 6) is -1.01. The predicted molar refractivity (Wildman–Crippen MR) is 130 cm³/mol. The molecule has 3 atom stereocenters. The lowest BCUT2D eigenvalue weighted by molar-refractivity contribution is -0.137. The predicted octanol–water partition coefficient (Wildman–Crippen LogP) is 3.64. The van der Waals surface area contributed by atoms with Crippen LogP contribution < -0.4 is 5.32 Å². The number of methoxy groups -OCH3 is 1. The van der Waals surface area contributed by atoms with E-state index in [0.29, 0.717) is 19.5 Å². The lowest BCUT2D eigenvalue weighted by Gasteiger charge is -2.28. The Labute approximate surface area is 205 Å². The molecule has 8 heteroatoms. The molecule has 2 aromatic carbocycles. The molecular formula is C27H32N2O6. The summed E-state index contributed by atoms with van der Waals surface area (Å²) in [5, 5.41) is 11.6. The molecule has 186 valence electrons. The second-order valence-electron chi connectivity index (χ2n) is 9.26. The normalized spacial score (nSPS) is 18.5. The van der Waals surface area contributed by atoms with Gasteiger partial charge in [-0.3, -0.25) is 9.59 Å². The summed E-state index contributed by atoms with van der Waals surface area (Å²) in [6, 6.07) is 15.3. The van der Waals surface area contributed by atoms with Gasteiger partial charge in [0.1, 0.15) is 12.6 Å². The molecule has 0 radical (unpaired) electrons. The van der Waals surface area contributed by atoms with E-state index in [9.17, 15) is 14.4 Å². The minimum absolute atomic E-state index is 0.0734. The molecule has 3 unspecified atom stereocenters. The third-order valence-electron chi connectivity index (χ3n) is 7.09. The van der Waals surface area contributed by atoms with E-state index >= 15 is 0 Å². The zero-order chi connectivity index (χ0) is 24.9. The highest BCUT2D eigenvalue weighted by molar-refractivity contribution is 5.86. The number of ether oxygens (including phenoxy) is 2. The summed E-state index contributed by atoms with van der Waals surface area (Å²) >= 11 is 0. The van der Waals surface area contributed by atoms with Gasteiger partial charge in [-0.25, -0.2) is 4.79 Å². The van der Waals surface area contributed by atoms with Crippen LogP contribution >= 0.6 is 0 Å². The van der Waals surface area contributed by atoms with E-state index in [-0.39, 0.29) is 30.8 Å². The van der Waals surface area contributed by atoms with Gasteiger partial charge in [0.25, 0.3) is 0 Å². The van der Waals surface area contributed by atoms with Crippen molar-refractivity contribution >= 4 is 18.0 Å². The van der Waals surface area contributed by atoms with E-state index in [1.165, 1.54) is 7.11 Å². The highest BCUT2D eigenvalue weighted by Gasteiger charge is 2.36. The number of carbonyl (C=O) groups is 3. The number of aliphatic carboxylic acids is 1. The van der Waals surface area contributed by atoms with Crippen molar-refractivity contribution in [3.63, 3.8) is 0 Å². The summed E-state index contributed by atoms with van der Waals surface area (Å²) in [5.41, 5.74) is 4.52. The van der Waals surface area contributed by atoms with Gasteiger partial charge in [-0.05, 0) is 47.9 Å². The Bertz CT molecular complexity index is 1040. The van der Waals surface area contributed by atoms with Crippen molar-refractivity contribution in [2.45, 2.75) is 44.2 Å². The molecular weight excluding hydrogens is 448 g/mol. The maximum atomic E-state index is 13.2. The van der Waals surface area contributed by atoms with Crippen molar-refractivity contribution in [3.05, 3.63) is 59.7 Å². The maximum Gasteiger partial charge on any atom is 0.407 e. The zero-order valence-corrected chi connectivity index (χ0v) is 20.1. The van der Waals surface area contributed by atoms with E-state index in [1.54, 1.807) is 11.8 Å². The fourth-order valence-electron chi connectivity index (χ4n) is 5.08. The molecule has 1 aliphatic heterocycles. The fourth-order valence-corrected chi connectivity index (χ4v) is 5.08. The van der Waals surface area contributed by atoms with Crippen molar-refractivity contribution in [2.75, 3.05) is 26.8 Å². The molecule has 0 saturated carbocycles. The smallest absolute Gasteiger partial charge is 0.407 e. The molecule has 0 aromatic heterocycles. The Morgan fingerprint density at radius 3 is 2.31 bits per heavy atom. The molecule has 0 spiro atoms. The number of hydrogen-bond acceptors (Lipinski definition) is 5. The summed E-state index contributed by atoms with van der Waals surface area (Å²) in [4.78, 5) is 38.5. The van der Waals surface area contributed by atoms with Crippen LogP contribution in [0.2, 0.25) is 0 Å². The van der Waals surface area contributed by atoms with Gasteiger partial charge in [-0.15, -0.1) is 0 Å². The second kappa shape index (κ2) is 10.9. The Hall–Kier alpha value is -3.39. The first-order chi connectivity index (χ1) is 16.9. The molecule has 0 bridgehead atoms. The highest BCUT2D eigenvalue weighted by Crippen LogP contribution is 2.44. The molecule has 4 rings (SSSR count). The number of benzene rings is 2. The molecule has 2 amide bonds. The highest BCUT2D eigenvalue weighted by atomic mass is 16.5. The number of likely N-dealkylation sites (tertiary alicyclic amines) is 1. The zero-order valence-electron chi connectivity index (χ0n) is 20.1. The van der Waals surface area contributed by atoms with Gasteiger partial charge in [-0.2, -0.15) is 0 Å². The number of carboxylic acids is 1. The van der Waals surface area contributed by atoms with Crippen LogP contribution in [0.4, 0.5) is 4.79 Å². The quantitative estimate of drug-likeness (QED) is 0.568. The summed E-state index contributed by atoms with van der Waals surface area (Å²) in [7, 11) is 1.49. The minimum Gasteiger partial charge on any atom is -0.481 e. The molecule has 1 aliphatic carbocycles. The second-order valence-corrected chi connectivity index (χ2v) is 9.26. The van der Waals surface area contributed by atoms with Gasteiger partial charge >= 0.3 is 12.1 Å². The van der Waals surface area contributed by atoms with Crippen LogP contribution in [0.3, 0.4) is 0 Å². The van der Waals surface area contributed by atoms with Crippen molar-refractivity contribution in [2.24, 2.45) is 5.92 Å².